The number of hydrogen-bond acceptors (Lipinski definition) is 6. The predicted molar refractivity (Wildman–Crippen MR) is 124 cm³/mol. The fourth-order valence-corrected chi connectivity index (χ4v) is 4.81. The van der Waals surface area contributed by atoms with Gasteiger partial charge in [0.15, 0.2) is 11.5 Å². The Labute approximate surface area is 191 Å². The number of rotatable bonds is 7. The largest absolute Gasteiger partial charge is 0.454 e. The minimum atomic E-state index is -3.70. The average Bonchev–Trinajstić information content (AvgIpc) is 3.30. The summed E-state index contributed by atoms with van der Waals surface area (Å²) in [6.45, 7) is 0.530. The summed E-state index contributed by atoms with van der Waals surface area (Å²) in [7, 11) is -2.21. The number of nitrogens with one attached hydrogen (secondary N) is 1. The van der Waals surface area contributed by atoms with Crippen molar-refractivity contribution in [3.05, 3.63) is 77.9 Å². The second-order valence-electron chi connectivity index (χ2n) is 7.07. The summed E-state index contributed by atoms with van der Waals surface area (Å²) >= 11 is 1.55. The summed E-state index contributed by atoms with van der Waals surface area (Å²) in [6, 6.07) is 18.7. The second kappa shape index (κ2) is 9.13. The van der Waals surface area contributed by atoms with E-state index in [-0.39, 0.29) is 17.6 Å². The van der Waals surface area contributed by atoms with Gasteiger partial charge in [-0.1, -0.05) is 6.07 Å². The maximum absolute atomic E-state index is 12.9. The summed E-state index contributed by atoms with van der Waals surface area (Å²) in [4.78, 5) is 13.7. The lowest BCUT2D eigenvalue weighted by Gasteiger charge is -2.20. The number of carbonyl (C=O) groups excluding carboxylic acids is 1. The summed E-state index contributed by atoms with van der Waals surface area (Å²) in [5.74, 6) is 1.09. The first-order valence-corrected chi connectivity index (χ1v) is 12.4. The van der Waals surface area contributed by atoms with Crippen LogP contribution in [0, 0.1) is 0 Å². The highest BCUT2D eigenvalue weighted by molar-refractivity contribution is 7.98. The molecule has 7 nitrogen and oxygen atoms in total. The molecule has 32 heavy (non-hydrogen) atoms. The quantitative estimate of drug-likeness (QED) is 0.528. The Kier molecular flexibility index (Phi) is 6.29. The summed E-state index contributed by atoms with van der Waals surface area (Å²) < 4.78 is 37.7. The monoisotopic (exact) mass is 470 g/mol. The van der Waals surface area contributed by atoms with Gasteiger partial charge in [0.1, 0.15) is 0 Å². The van der Waals surface area contributed by atoms with Crippen molar-refractivity contribution in [1.29, 1.82) is 0 Å². The number of amides is 1. The Morgan fingerprint density at radius 2 is 1.69 bits per heavy atom. The highest BCUT2D eigenvalue weighted by Gasteiger charge is 2.21. The van der Waals surface area contributed by atoms with Crippen molar-refractivity contribution in [1.82, 2.24) is 5.32 Å². The zero-order valence-electron chi connectivity index (χ0n) is 17.6. The summed E-state index contributed by atoms with van der Waals surface area (Å²) in [5, 5.41) is 2.85. The Balaban J connectivity index is 1.41. The van der Waals surface area contributed by atoms with E-state index in [4.69, 9.17) is 9.47 Å². The van der Waals surface area contributed by atoms with Crippen LogP contribution in [0.4, 0.5) is 5.69 Å². The molecule has 1 aliphatic rings. The van der Waals surface area contributed by atoms with Crippen molar-refractivity contribution >= 4 is 33.4 Å². The number of nitrogens with zero attached hydrogens (tertiary/aromatic N) is 1. The first-order chi connectivity index (χ1) is 15.4. The molecule has 0 radical (unpaired) electrons. The molecule has 4 rings (SSSR count). The van der Waals surface area contributed by atoms with Gasteiger partial charge in [-0.05, 0) is 72.5 Å². The number of sulfonamides is 1. The van der Waals surface area contributed by atoms with E-state index in [2.05, 4.69) is 5.32 Å². The predicted octanol–water partition coefficient (Wildman–Crippen LogP) is 3.89. The van der Waals surface area contributed by atoms with Crippen LogP contribution in [0.5, 0.6) is 11.5 Å². The summed E-state index contributed by atoms with van der Waals surface area (Å²) in [6.07, 6.45) is 1.93. The maximum atomic E-state index is 12.9. The third kappa shape index (κ3) is 4.53. The van der Waals surface area contributed by atoms with Crippen LogP contribution in [0.15, 0.2) is 76.5 Å². The zero-order chi connectivity index (χ0) is 22.7. The van der Waals surface area contributed by atoms with E-state index in [9.17, 15) is 13.2 Å². The van der Waals surface area contributed by atoms with Crippen LogP contribution in [0.1, 0.15) is 15.9 Å². The van der Waals surface area contributed by atoms with Crippen molar-refractivity contribution in [2.75, 3.05) is 24.4 Å². The van der Waals surface area contributed by atoms with Gasteiger partial charge in [0.25, 0.3) is 15.9 Å². The van der Waals surface area contributed by atoms with Gasteiger partial charge in [0.2, 0.25) is 6.79 Å². The molecule has 0 spiro atoms. The van der Waals surface area contributed by atoms with Gasteiger partial charge in [0.05, 0.1) is 10.6 Å². The number of anilines is 1. The third-order valence-corrected chi connectivity index (χ3v) is 7.64. The van der Waals surface area contributed by atoms with Gasteiger partial charge in [-0.15, -0.1) is 11.8 Å². The molecule has 9 heteroatoms. The van der Waals surface area contributed by atoms with Crippen LogP contribution in [0.25, 0.3) is 0 Å². The van der Waals surface area contributed by atoms with Gasteiger partial charge in [-0.2, -0.15) is 0 Å². The molecule has 0 saturated heterocycles. The lowest BCUT2D eigenvalue weighted by Crippen LogP contribution is -2.27. The molecule has 0 aliphatic carbocycles. The summed E-state index contributed by atoms with van der Waals surface area (Å²) in [5.41, 5.74) is 1.79. The first kappa shape index (κ1) is 22.0. The maximum Gasteiger partial charge on any atom is 0.264 e. The topological polar surface area (TPSA) is 84.9 Å². The number of carbonyl (C=O) groups is 1. The number of thioether (sulfide) groups is 1. The SMILES string of the molecule is CSc1ccc(S(=O)(=O)N(C)c2ccc(C(=O)NCc3ccc4c(c3)OCO4)cc2)cc1. The molecule has 0 atom stereocenters. The molecule has 166 valence electrons. The molecular formula is C23H22N2O5S2. The first-order valence-electron chi connectivity index (χ1n) is 9.78. The van der Waals surface area contributed by atoms with Crippen molar-refractivity contribution in [2.45, 2.75) is 16.3 Å². The van der Waals surface area contributed by atoms with E-state index in [1.807, 2.05) is 24.5 Å². The van der Waals surface area contributed by atoms with Crippen LogP contribution in [0.3, 0.4) is 0 Å². The van der Waals surface area contributed by atoms with Crippen LogP contribution in [-0.4, -0.2) is 34.4 Å². The lowest BCUT2D eigenvalue weighted by molar-refractivity contribution is 0.0951. The van der Waals surface area contributed by atoms with E-state index in [0.717, 1.165) is 10.5 Å². The highest BCUT2D eigenvalue weighted by Crippen LogP contribution is 2.32. The van der Waals surface area contributed by atoms with Crippen molar-refractivity contribution in [3.8, 4) is 11.5 Å². The normalized spacial score (nSPS) is 12.4. The van der Waals surface area contributed by atoms with Crippen molar-refractivity contribution in [2.24, 2.45) is 0 Å². The van der Waals surface area contributed by atoms with Crippen molar-refractivity contribution in [3.63, 3.8) is 0 Å². The number of hydrogen-bond donors (Lipinski definition) is 1. The number of ether oxygens (including phenoxy) is 2. The molecule has 1 heterocycles. The Hall–Kier alpha value is -3.17. The van der Waals surface area contributed by atoms with Gasteiger partial charge in [-0.3, -0.25) is 9.10 Å². The molecule has 0 saturated carbocycles. The van der Waals surface area contributed by atoms with Gasteiger partial charge in [-0.25, -0.2) is 8.42 Å². The number of fused-ring (bicyclic) bond motifs is 1. The molecule has 3 aromatic carbocycles. The lowest BCUT2D eigenvalue weighted by atomic mass is 10.1. The molecule has 0 aromatic heterocycles. The van der Waals surface area contributed by atoms with Crippen molar-refractivity contribution < 1.29 is 22.7 Å². The Morgan fingerprint density at radius 1 is 1.00 bits per heavy atom. The van der Waals surface area contributed by atoms with Crippen LogP contribution in [0.2, 0.25) is 0 Å². The fraction of sp³-hybridized carbons (Fsp3) is 0.174. The minimum Gasteiger partial charge on any atom is -0.454 e. The van der Waals surface area contributed by atoms with E-state index < -0.39 is 10.0 Å². The van der Waals surface area contributed by atoms with Crippen LogP contribution in [-0.2, 0) is 16.6 Å². The Morgan fingerprint density at radius 3 is 2.38 bits per heavy atom. The fourth-order valence-electron chi connectivity index (χ4n) is 3.20. The van der Waals surface area contributed by atoms with Gasteiger partial charge in [0, 0.05) is 24.1 Å². The van der Waals surface area contributed by atoms with E-state index in [1.54, 1.807) is 60.3 Å². The van der Waals surface area contributed by atoms with Gasteiger partial charge < -0.3 is 14.8 Å². The highest BCUT2D eigenvalue weighted by atomic mass is 32.2. The smallest absolute Gasteiger partial charge is 0.264 e. The molecule has 3 aromatic rings. The molecular weight excluding hydrogens is 448 g/mol. The van der Waals surface area contributed by atoms with Crippen LogP contribution < -0.4 is 19.1 Å². The third-order valence-electron chi connectivity index (χ3n) is 5.10. The van der Waals surface area contributed by atoms with Gasteiger partial charge >= 0.3 is 0 Å². The Bertz CT molecular complexity index is 1230. The van der Waals surface area contributed by atoms with Crippen LogP contribution >= 0.6 is 11.8 Å². The van der Waals surface area contributed by atoms with E-state index in [0.29, 0.717) is 29.3 Å². The average molecular weight is 471 g/mol. The molecule has 1 N–H and O–H groups in total. The molecule has 0 fully saturated rings. The van der Waals surface area contributed by atoms with E-state index >= 15 is 0 Å². The molecule has 1 amide bonds. The zero-order valence-corrected chi connectivity index (χ0v) is 19.2. The minimum absolute atomic E-state index is 0.199. The molecule has 1 aliphatic heterocycles. The standard InChI is InChI=1S/C23H22N2O5S2/c1-25(32(27,28)20-10-8-19(31-2)9-11-20)18-6-4-17(5-7-18)23(26)24-14-16-3-12-21-22(13-16)30-15-29-21/h3-13H,14-15H2,1-2H3,(H,24,26). The molecule has 0 bridgehead atoms. The second-order valence-corrected chi connectivity index (χ2v) is 9.91. The number of benzene rings is 3. The van der Waals surface area contributed by atoms with E-state index in [1.165, 1.54) is 11.4 Å². The molecule has 0 unspecified atom stereocenters.